The molecule has 0 saturated carbocycles. The Hall–Kier alpha value is -3.44. The molecule has 4 aromatic rings. The summed E-state index contributed by atoms with van der Waals surface area (Å²) in [6, 6.07) is 19.4. The predicted molar refractivity (Wildman–Crippen MR) is 122 cm³/mol. The van der Waals surface area contributed by atoms with Gasteiger partial charge in [0.05, 0.1) is 13.5 Å². The minimum absolute atomic E-state index is 0.00205. The van der Waals surface area contributed by atoms with Gasteiger partial charge in [-0.1, -0.05) is 41.9 Å². The number of benzene rings is 3. The Morgan fingerprint density at radius 1 is 1.06 bits per heavy atom. The fourth-order valence-electron chi connectivity index (χ4n) is 3.62. The van der Waals surface area contributed by atoms with E-state index >= 15 is 0 Å². The van der Waals surface area contributed by atoms with Gasteiger partial charge in [-0.3, -0.25) is 4.79 Å². The number of aromatic amines is 1. The highest BCUT2D eigenvalue weighted by Crippen LogP contribution is 2.32. The summed E-state index contributed by atoms with van der Waals surface area (Å²) < 4.78 is 10.7. The van der Waals surface area contributed by atoms with E-state index in [1.807, 2.05) is 43.3 Å². The maximum atomic E-state index is 11.6. The molecular formula is C25H22ClNO4. The molecule has 0 unspecified atom stereocenters. The van der Waals surface area contributed by atoms with Crippen LogP contribution >= 0.6 is 11.6 Å². The SMILES string of the molecule is COC(=O)Cc1[nH]c(O)c2cc(OCc3cccc(-c4cccc(Cl)c4C)c3)ccc12. The lowest BCUT2D eigenvalue weighted by atomic mass is 9.99. The molecule has 1 heterocycles. The van der Waals surface area contributed by atoms with Crippen molar-refractivity contribution in [1.29, 1.82) is 0 Å². The lowest BCUT2D eigenvalue weighted by Gasteiger charge is -2.11. The zero-order valence-electron chi connectivity index (χ0n) is 17.2. The molecule has 0 saturated heterocycles. The lowest BCUT2D eigenvalue weighted by Crippen LogP contribution is -2.04. The van der Waals surface area contributed by atoms with E-state index in [0.29, 0.717) is 23.4 Å². The number of aromatic nitrogens is 1. The molecule has 3 aromatic carbocycles. The van der Waals surface area contributed by atoms with E-state index in [0.717, 1.165) is 32.7 Å². The smallest absolute Gasteiger partial charge is 0.311 e. The van der Waals surface area contributed by atoms with E-state index in [1.54, 1.807) is 6.07 Å². The van der Waals surface area contributed by atoms with Crippen molar-refractivity contribution in [3.8, 4) is 22.8 Å². The number of fused-ring (bicyclic) bond motifs is 1. The van der Waals surface area contributed by atoms with Crippen LogP contribution in [-0.2, 0) is 22.6 Å². The van der Waals surface area contributed by atoms with Crippen molar-refractivity contribution in [1.82, 2.24) is 4.98 Å². The molecule has 0 aliphatic carbocycles. The number of nitrogens with one attached hydrogen (secondary N) is 1. The topological polar surface area (TPSA) is 71.6 Å². The molecule has 5 nitrogen and oxygen atoms in total. The molecule has 1 aromatic heterocycles. The number of ether oxygens (including phenoxy) is 2. The van der Waals surface area contributed by atoms with Crippen LogP contribution in [0.3, 0.4) is 0 Å². The molecule has 0 radical (unpaired) electrons. The molecule has 158 valence electrons. The van der Waals surface area contributed by atoms with Crippen molar-refractivity contribution in [3.63, 3.8) is 0 Å². The van der Waals surface area contributed by atoms with Gasteiger partial charge in [0.25, 0.3) is 0 Å². The molecule has 6 heteroatoms. The standard InChI is InChI=1S/C25H22ClNO4/c1-15-19(7-4-8-22(15)26)17-6-3-5-16(11-17)14-31-18-9-10-20-21(12-18)25(29)27-23(20)13-24(28)30-2/h3-12,27,29H,13-14H2,1-2H3. The van der Waals surface area contributed by atoms with Crippen LogP contribution in [-0.4, -0.2) is 23.2 Å². The highest BCUT2D eigenvalue weighted by atomic mass is 35.5. The summed E-state index contributed by atoms with van der Waals surface area (Å²) in [5.41, 5.74) is 4.83. The highest BCUT2D eigenvalue weighted by molar-refractivity contribution is 6.31. The summed E-state index contributed by atoms with van der Waals surface area (Å²) in [6.45, 7) is 2.38. The summed E-state index contributed by atoms with van der Waals surface area (Å²) in [7, 11) is 1.34. The third kappa shape index (κ3) is 4.37. The predicted octanol–water partition coefficient (Wildman–Crippen LogP) is 5.80. The van der Waals surface area contributed by atoms with Gasteiger partial charge in [-0.25, -0.2) is 0 Å². The monoisotopic (exact) mass is 435 g/mol. The molecular weight excluding hydrogens is 414 g/mol. The molecule has 0 fully saturated rings. The van der Waals surface area contributed by atoms with Crippen molar-refractivity contribution in [2.45, 2.75) is 20.0 Å². The van der Waals surface area contributed by atoms with Gasteiger partial charge in [-0.15, -0.1) is 0 Å². The molecule has 0 bridgehead atoms. The van der Waals surface area contributed by atoms with Crippen LogP contribution < -0.4 is 4.74 Å². The Morgan fingerprint density at radius 3 is 2.68 bits per heavy atom. The second kappa shape index (κ2) is 8.74. The van der Waals surface area contributed by atoms with Gasteiger partial charge in [0.15, 0.2) is 5.88 Å². The zero-order valence-corrected chi connectivity index (χ0v) is 18.0. The highest BCUT2D eigenvalue weighted by Gasteiger charge is 2.14. The van der Waals surface area contributed by atoms with E-state index in [9.17, 15) is 9.90 Å². The van der Waals surface area contributed by atoms with Gasteiger partial charge >= 0.3 is 5.97 Å². The van der Waals surface area contributed by atoms with Crippen molar-refractivity contribution >= 4 is 28.3 Å². The van der Waals surface area contributed by atoms with E-state index in [4.69, 9.17) is 21.1 Å². The van der Waals surface area contributed by atoms with Crippen molar-refractivity contribution in [2.75, 3.05) is 7.11 Å². The van der Waals surface area contributed by atoms with Crippen LogP contribution in [0.2, 0.25) is 5.02 Å². The number of H-pyrrole nitrogens is 1. The molecule has 4 rings (SSSR count). The number of carbonyl (C=O) groups excluding carboxylic acids is 1. The van der Waals surface area contributed by atoms with Crippen molar-refractivity contribution in [2.24, 2.45) is 0 Å². The average molecular weight is 436 g/mol. The fraction of sp³-hybridized carbons (Fsp3) is 0.160. The Bertz CT molecular complexity index is 1260. The number of methoxy groups -OCH3 is 1. The Kier molecular flexibility index (Phi) is 5.87. The molecule has 0 spiro atoms. The first-order chi connectivity index (χ1) is 15.0. The number of rotatable bonds is 6. The van der Waals surface area contributed by atoms with Crippen LogP contribution in [0.15, 0.2) is 60.7 Å². The number of halogens is 1. The van der Waals surface area contributed by atoms with Gasteiger partial charge < -0.3 is 19.6 Å². The average Bonchev–Trinajstić information content (AvgIpc) is 3.09. The molecule has 2 N–H and O–H groups in total. The molecule has 0 aliphatic rings. The van der Waals surface area contributed by atoms with Crippen molar-refractivity contribution in [3.05, 3.63) is 82.5 Å². The number of esters is 1. The molecule has 0 aliphatic heterocycles. The van der Waals surface area contributed by atoms with Crippen LogP contribution in [0, 0.1) is 6.92 Å². The minimum Gasteiger partial charge on any atom is -0.494 e. The molecule has 0 amide bonds. The molecule has 31 heavy (non-hydrogen) atoms. The largest absolute Gasteiger partial charge is 0.494 e. The van der Waals surface area contributed by atoms with Crippen LogP contribution in [0.5, 0.6) is 11.6 Å². The third-order valence-electron chi connectivity index (χ3n) is 5.30. The number of hydrogen-bond acceptors (Lipinski definition) is 4. The third-order valence-corrected chi connectivity index (χ3v) is 5.71. The Morgan fingerprint density at radius 2 is 1.87 bits per heavy atom. The first-order valence-electron chi connectivity index (χ1n) is 9.84. The molecule has 0 atom stereocenters. The Balaban J connectivity index is 1.54. The van der Waals surface area contributed by atoms with Gasteiger partial charge in [-0.2, -0.15) is 0 Å². The summed E-state index contributed by atoms with van der Waals surface area (Å²) in [5.74, 6) is 0.242. The summed E-state index contributed by atoms with van der Waals surface area (Å²) >= 11 is 6.27. The van der Waals surface area contributed by atoms with E-state index in [-0.39, 0.29) is 18.3 Å². The van der Waals surface area contributed by atoms with Crippen LogP contribution in [0.4, 0.5) is 0 Å². The van der Waals surface area contributed by atoms with Crippen LogP contribution in [0.25, 0.3) is 21.9 Å². The van der Waals surface area contributed by atoms with Crippen LogP contribution in [0.1, 0.15) is 16.8 Å². The quantitative estimate of drug-likeness (QED) is 0.375. The van der Waals surface area contributed by atoms with E-state index in [2.05, 4.69) is 23.2 Å². The van der Waals surface area contributed by atoms with Gasteiger partial charge in [0.2, 0.25) is 0 Å². The first-order valence-corrected chi connectivity index (χ1v) is 10.2. The lowest BCUT2D eigenvalue weighted by molar-refractivity contribution is -0.139. The second-order valence-corrected chi connectivity index (χ2v) is 7.72. The van der Waals surface area contributed by atoms with E-state index in [1.165, 1.54) is 7.11 Å². The minimum atomic E-state index is -0.377. The number of hydrogen-bond donors (Lipinski definition) is 2. The maximum Gasteiger partial charge on any atom is 0.311 e. The van der Waals surface area contributed by atoms with Gasteiger partial charge in [0, 0.05) is 21.5 Å². The van der Waals surface area contributed by atoms with Gasteiger partial charge in [-0.05, 0) is 59.5 Å². The fourth-order valence-corrected chi connectivity index (χ4v) is 3.80. The maximum absolute atomic E-state index is 11.6. The zero-order chi connectivity index (χ0) is 22.0. The first kappa shape index (κ1) is 20.8. The summed E-state index contributed by atoms with van der Waals surface area (Å²) in [5, 5.41) is 12.3. The van der Waals surface area contributed by atoms with E-state index < -0.39 is 0 Å². The normalized spacial score (nSPS) is 10.9. The Labute approximate surface area is 185 Å². The number of carbonyl (C=O) groups is 1. The van der Waals surface area contributed by atoms with Crippen molar-refractivity contribution < 1.29 is 19.4 Å². The second-order valence-electron chi connectivity index (χ2n) is 7.31. The van der Waals surface area contributed by atoms with Gasteiger partial charge in [0.1, 0.15) is 12.4 Å². The summed E-state index contributed by atoms with van der Waals surface area (Å²) in [4.78, 5) is 14.4. The summed E-state index contributed by atoms with van der Waals surface area (Å²) in [6.07, 6.45) is 0.0590. The number of aromatic hydroxyl groups is 1.